The van der Waals surface area contributed by atoms with Crippen molar-refractivity contribution in [3.05, 3.63) is 12.2 Å². The minimum Gasteiger partial charge on any atom is -0.756 e. The Hall–Kier alpha value is -1.25. The number of carbonyl (C=O) groups excluding carboxylic acids is 2. The summed E-state index contributed by atoms with van der Waals surface area (Å²) in [7, 11) is 1.17. The molecule has 0 aromatic rings. The highest BCUT2D eigenvalue weighted by Gasteiger charge is 2.21. The largest absolute Gasteiger partial charge is 0.756 e. The van der Waals surface area contributed by atoms with Gasteiger partial charge >= 0.3 is 11.9 Å². The molecule has 320 valence electrons. The standard InChI is InChI=1S/C44H86NO8P/c1-6-8-10-12-14-16-18-20-22-24-26-28-30-32-34-36-43(46)50-40-42(41-52-54(48,49)51-39-38-45(3,4)5)53-44(47)37-35-33-31-29-27-25-23-21-19-17-15-13-11-9-7-2/h21,23,42H,6-20,22,24-41H2,1-5H3/b23-21+. The molecule has 54 heavy (non-hydrogen) atoms. The van der Waals surface area contributed by atoms with Crippen LogP contribution in [0.2, 0.25) is 0 Å². The van der Waals surface area contributed by atoms with Crippen LogP contribution in [0.1, 0.15) is 206 Å². The molecule has 0 aromatic carbocycles. The van der Waals surface area contributed by atoms with Gasteiger partial charge in [-0.05, 0) is 38.5 Å². The Balaban J connectivity index is 4.34. The molecule has 0 aliphatic carbocycles. The van der Waals surface area contributed by atoms with Crippen molar-refractivity contribution in [3.8, 4) is 0 Å². The van der Waals surface area contributed by atoms with Crippen LogP contribution in [0.25, 0.3) is 0 Å². The molecule has 0 fully saturated rings. The van der Waals surface area contributed by atoms with Gasteiger partial charge in [0.15, 0.2) is 6.10 Å². The molecule has 10 heteroatoms. The van der Waals surface area contributed by atoms with E-state index >= 15 is 0 Å². The third-order valence-corrected chi connectivity index (χ3v) is 10.7. The minimum absolute atomic E-state index is 0.0293. The van der Waals surface area contributed by atoms with Crippen molar-refractivity contribution in [3.63, 3.8) is 0 Å². The number of hydrogen-bond acceptors (Lipinski definition) is 8. The SMILES string of the molecule is CCCCCCCC/C=C/CCCCCCCC(=O)OC(COC(=O)CCCCCCCCCCCCCCCCC)COP(=O)([O-])OCC[N+](C)(C)C. The average molecular weight is 788 g/mol. The zero-order valence-corrected chi connectivity index (χ0v) is 36.8. The number of nitrogens with zero attached hydrogens (tertiary/aromatic N) is 1. The van der Waals surface area contributed by atoms with E-state index in [1.165, 1.54) is 122 Å². The van der Waals surface area contributed by atoms with Crippen LogP contribution in [0.5, 0.6) is 0 Å². The van der Waals surface area contributed by atoms with Crippen molar-refractivity contribution in [2.45, 2.75) is 213 Å². The zero-order chi connectivity index (χ0) is 40.0. The Morgan fingerprint density at radius 3 is 1.37 bits per heavy atom. The first-order valence-electron chi connectivity index (χ1n) is 22.4. The van der Waals surface area contributed by atoms with Crippen molar-refractivity contribution in [1.82, 2.24) is 0 Å². The summed E-state index contributed by atoms with van der Waals surface area (Å²) in [6.07, 6.45) is 38.0. The summed E-state index contributed by atoms with van der Waals surface area (Å²) in [6, 6.07) is 0. The predicted molar refractivity (Wildman–Crippen MR) is 222 cm³/mol. The van der Waals surface area contributed by atoms with Gasteiger partial charge < -0.3 is 27.9 Å². The highest BCUT2D eigenvalue weighted by molar-refractivity contribution is 7.45. The first-order valence-corrected chi connectivity index (χ1v) is 23.9. The minimum atomic E-state index is -4.62. The van der Waals surface area contributed by atoms with E-state index in [9.17, 15) is 19.0 Å². The quantitative estimate of drug-likeness (QED) is 0.0198. The Morgan fingerprint density at radius 2 is 0.944 bits per heavy atom. The third-order valence-electron chi connectivity index (χ3n) is 9.79. The van der Waals surface area contributed by atoms with Crippen molar-refractivity contribution >= 4 is 19.8 Å². The van der Waals surface area contributed by atoms with E-state index in [1.54, 1.807) is 0 Å². The summed E-state index contributed by atoms with van der Waals surface area (Å²) in [5.41, 5.74) is 0. The molecule has 0 radical (unpaired) electrons. The van der Waals surface area contributed by atoms with Gasteiger partial charge in [0.05, 0.1) is 27.7 Å². The van der Waals surface area contributed by atoms with Crippen LogP contribution in [-0.4, -0.2) is 70.0 Å². The molecule has 0 aliphatic rings. The lowest BCUT2D eigenvalue weighted by Gasteiger charge is -2.28. The molecule has 0 saturated heterocycles. The Bertz CT molecular complexity index is 938. The summed E-state index contributed by atoms with van der Waals surface area (Å²) >= 11 is 0. The van der Waals surface area contributed by atoms with E-state index in [1.807, 2.05) is 21.1 Å². The molecule has 0 spiro atoms. The molecule has 0 amide bonds. The summed E-state index contributed by atoms with van der Waals surface area (Å²) < 4.78 is 33.9. The van der Waals surface area contributed by atoms with Crippen LogP contribution < -0.4 is 4.89 Å². The highest BCUT2D eigenvalue weighted by atomic mass is 31.2. The van der Waals surface area contributed by atoms with Crippen LogP contribution in [0, 0.1) is 0 Å². The van der Waals surface area contributed by atoms with Crippen molar-refractivity contribution < 1.29 is 42.1 Å². The van der Waals surface area contributed by atoms with Crippen LogP contribution in [-0.2, 0) is 32.7 Å². The predicted octanol–water partition coefficient (Wildman–Crippen LogP) is 11.9. The molecule has 2 unspecified atom stereocenters. The second-order valence-electron chi connectivity index (χ2n) is 16.4. The molecule has 0 bridgehead atoms. The normalized spacial score (nSPS) is 13.7. The van der Waals surface area contributed by atoms with Gasteiger partial charge in [0.25, 0.3) is 7.82 Å². The maximum absolute atomic E-state index is 12.7. The topological polar surface area (TPSA) is 111 Å². The van der Waals surface area contributed by atoms with E-state index in [4.69, 9.17) is 18.5 Å². The molecule has 9 nitrogen and oxygen atoms in total. The number of rotatable bonds is 41. The number of allylic oxidation sites excluding steroid dienone is 2. The van der Waals surface area contributed by atoms with E-state index < -0.39 is 26.5 Å². The average Bonchev–Trinajstić information content (AvgIpc) is 3.12. The molecule has 0 rings (SSSR count). The van der Waals surface area contributed by atoms with Gasteiger partial charge in [0, 0.05) is 12.8 Å². The van der Waals surface area contributed by atoms with Crippen LogP contribution >= 0.6 is 7.82 Å². The van der Waals surface area contributed by atoms with Gasteiger partial charge in [-0.2, -0.15) is 0 Å². The first-order chi connectivity index (χ1) is 26.0. The molecular weight excluding hydrogens is 701 g/mol. The number of phosphoric acid groups is 1. The highest BCUT2D eigenvalue weighted by Crippen LogP contribution is 2.38. The second-order valence-corrected chi connectivity index (χ2v) is 17.8. The van der Waals surface area contributed by atoms with E-state index in [-0.39, 0.29) is 32.0 Å². The van der Waals surface area contributed by atoms with Gasteiger partial charge in [-0.15, -0.1) is 0 Å². The number of likely N-dealkylation sites (N-methyl/N-ethyl adjacent to an activating group) is 1. The number of quaternary nitrogens is 1. The lowest BCUT2D eigenvalue weighted by molar-refractivity contribution is -0.870. The number of carbonyl (C=O) groups is 2. The van der Waals surface area contributed by atoms with Crippen molar-refractivity contribution in [2.24, 2.45) is 0 Å². The fourth-order valence-electron chi connectivity index (χ4n) is 6.24. The molecule has 0 N–H and O–H groups in total. The fourth-order valence-corrected chi connectivity index (χ4v) is 6.97. The maximum Gasteiger partial charge on any atom is 0.306 e. The van der Waals surface area contributed by atoms with E-state index in [0.717, 1.165) is 51.4 Å². The number of hydrogen-bond donors (Lipinski definition) is 0. The van der Waals surface area contributed by atoms with Gasteiger partial charge in [-0.3, -0.25) is 14.2 Å². The number of unbranched alkanes of at least 4 members (excludes halogenated alkanes) is 25. The smallest absolute Gasteiger partial charge is 0.306 e. The van der Waals surface area contributed by atoms with Gasteiger partial charge in [-0.1, -0.05) is 167 Å². The third kappa shape index (κ3) is 40.4. The van der Waals surface area contributed by atoms with Crippen LogP contribution in [0.15, 0.2) is 12.2 Å². The molecule has 0 aliphatic heterocycles. The summed E-state index contributed by atoms with van der Waals surface area (Å²) in [6.45, 7) is 4.23. The summed E-state index contributed by atoms with van der Waals surface area (Å²) in [5, 5.41) is 0. The number of ether oxygens (including phenoxy) is 2. The maximum atomic E-state index is 12.7. The van der Waals surface area contributed by atoms with Crippen molar-refractivity contribution in [1.29, 1.82) is 0 Å². The number of esters is 2. The Kier molecular flexibility index (Phi) is 36.5. The number of phosphoric ester groups is 1. The molecule has 0 aromatic heterocycles. The van der Waals surface area contributed by atoms with Gasteiger partial charge in [0.2, 0.25) is 0 Å². The van der Waals surface area contributed by atoms with Gasteiger partial charge in [-0.25, -0.2) is 0 Å². The van der Waals surface area contributed by atoms with Gasteiger partial charge in [0.1, 0.15) is 19.8 Å². The molecular formula is C44H86NO8P. The molecule has 2 atom stereocenters. The van der Waals surface area contributed by atoms with E-state index in [2.05, 4.69) is 26.0 Å². The lowest BCUT2D eigenvalue weighted by atomic mass is 10.0. The Morgan fingerprint density at radius 1 is 0.556 bits per heavy atom. The monoisotopic (exact) mass is 788 g/mol. The fraction of sp³-hybridized carbons (Fsp3) is 0.909. The first kappa shape index (κ1) is 52.8. The van der Waals surface area contributed by atoms with Crippen molar-refractivity contribution in [2.75, 3.05) is 47.5 Å². The summed E-state index contributed by atoms with van der Waals surface area (Å²) in [4.78, 5) is 37.5. The molecule has 0 saturated carbocycles. The second kappa shape index (κ2) is 37.3. The molecule has 0 heterocycles. The lowest BCUT2D eigenvalue weighted by Crippen LogP contribution is -2.37. The van der Waals surface area contributed by atoms with Crippen LogP contribution in [0.4, 0.5) is 0 Å². The summed E-state index contributed by atoms with van der Waals surface area (Å²) in [5.74, 6) is -0.834. The van der Waals surface area contributed by atoms with Crippen LogP contribution in [0.3, 0.4) is 0 Å². The zero-order valence-electron chi connectivity index (χ0n) is 35.9. The Labute approximate surface area is 333 Å². The van der Waals surface area contributed by atoms with E-state index in [0.29, 0.717) is 17.4 Å².